The molecular weight excluding hydrogens is 1430 g/mol. The maximum Gasteiger partial charge on any atom is 0.0788 e. The molecule has 6 aromatic heterocycles. The Labute approximate surface area is 680 Å². The smallest absolute Gasteiger partial charge is 0.0788 e. The molecular formula is C112H74N6. The highest BCUT2D eigenvalue weighted by Crippen LogP contribution is 2.46. The first-order valence-corrected chi connectivity index (χ1v) is 40.5. The Morgan fingerprint density at radius 3 is 0.653 bits per heavy atom. The van der Waals surface area contributed by atoms with E-state index in [4.69, 9.17) is 0 Å². The number of para-hydroxylation sites is 8. The second-order valence-corrected chi connectivity index (χ2v) is 30.7. The molecule has 0 fully saturated rings. The molecule has 0 bridgehead atoms. The van der Waals surface area contributed by atoms with Gasteiger partial charge in [-0.15, -0.1) is 0 Å². The van der Waals surface area contributed by atoms with Crippen molar-refractivity contribution in [2.45, 2.75) is 0 Å². The lowest BCUT2D eigenvalue weighted by atomic mass is 10.1. The number of hydrogen-bond donors (Lipinski definition) is 0. The van der Waals surface area contributed by atoms with Gasteiger partial charge in [0.1, 0.15) is 0 Å². The summed E-state index contributed by atoms with van der Waals surface area (Å²) < 4.78 is 14.5. The fourth-order valence-electron chi connectivity index (χ4n) is 18.8. The summed E-state index contributed by atoms with van der Waals surface area (Å²) in [5, 5.41) is 17.7. The predicted molar refractivity (Wildman–Crippen MR) is 499 cm³/mol. The van der Waals surface area contributed by atoms with Gasteiger partial charge in [0.25, 0.3) is 0 Å². The van der Waals surface area contributed by atoms with E-state index >= 15 is 0 Å². The third kappa shape index (κ3) is 11.2. The first-order chi connectivity index (χ1) is 58.6. The highest BCUT2D eigenvalue weighted by molar-refractivity contribution is 6.25. The standard InChI is InChI=1S/C42H28N2.C40H26N2.C30H20N2/c1-3-11-29(12-4-1)31-19-23-33(24-20-31)43-39-17-9-7-15-35(39)37-28-42-38(27-41(37)43)36-16-8-10-18-40(36)44(42)34-25-21-32(22-26-34)30-13-5-2-6-14-30;1-2-10-27(11-3-1)29-18-21-31(22-19-29)41-37-16-8-6-14-33(37)35-24-25-36-34-15-7-9-17-38(34)42(40(36)39(35)41)32-23-20-28-12-4-5-13-30(28)26-32;1-3-11-21(12-4-1)31-27-17-9-7-15-23(27)25-20-30-26(19-29(25)31)24-16-8-10-18-28(24)32(30)22-13-5-2-6-14-22/h1-28H;1-26H;1-20H. The van der Waals surface area contributed by atoms with Gasteiger partial charge in [0.15, 0.2) is 0 Å². The molecule has 0 radical (unpaired) electrons. The van der Waals surface area contributed by atoms with Crippen LogP contribution in [0.2, 0.25) is 0 Å². The monoisotopic (exact) mass is 1500 g/mol. The van der Waals surface area contributed by atoms with Gasteiger partial charge < -0.3 is 27.4 Å². The van der Waals surface area contributed by atoms with Crippen LogP contribution < -0.4 is 0 Å². The van der Waals surface area contributed by atoms with Gasteiger partial charge >= 0.3 is 0 Å². The number of fused-ring (bicyclic) bond motifs is 20. The van der Waals surface area contributed by atoms with E-state index in [0.29, 0.717) is 0 Å². The molecule has 0 aliphatic carbocycles. The van der Waals surface area contributed by atoms with Gasteiger partial charge in [-0.25, -0.2) is 0 Å². The van der Waals surface area contributed by atoms with Crippen molar-refractivity contribution in [3.63, 3.8) is 0 Å². The highest BCUT2D eigenvalue weighted by Gasteiger charge is 2.25. The summed E-state index contributed by atoms with van der Waals surface area (Å²) >= 11 is 0. The summed E-state index contributed by atoms with van der Waals surface area (Å²) in [6, 6.07) is 162. The molecule has 6 heteroatoms. The van der Waals surface area contributed by atoms with Gasteiger partial charge in [0.05, 0.1) is 66.2 Å². The number of benzene rings is 19. The van der Waals surface area contributed by atoms with E-state index in [1.807, 2.05) is 0 Å². The van der Waals surface area contributed by atoms with Crippen LogP contribution in [0.3, 0.4) is 0 Å². The molecule has 0 spiro atoms. The first kappa shape index (κ1) is 67.9. The van der Waals surface area contributed by atoms with Crippen molar-refractivity contribution in [1.82, 2.24) is 27.4 Å². The molecule has 6 nitrogen and oxygen atoms in total. The topological polar surface area (TPSA) is 29.6 Å². The van der Waals surface area contributed by atoms with Crippen molar-refractivity contribution in [2.75, 3.05) is 0 Å². The van der Waals surface area contributed by atoms with E-state index in [-0.39, 0.29) is 0 Å². The van der Waals surface area contributed by atoms with Crippen LogP contribution in [-0.2, 0) is 0 Å². The van der Waals surface area contributed by atoms with Crippen molar-refractivity contribution >= 4 is 142 Å². The van der Waals surface area contributed by atoms with Gasteiger partial charge in [-0.05, 0) is 178 Å². The molecule has 0 aliphatic heterocycles. The number of rotatable bonds is 9. The molecule has 19 aromatic carbocycles. The average Bonchev–Trinajstić information content (AvgIpc) is 1.56. The maximum absolute atomic E-state index is 2.47. The van der Waals surface area contributed by atoms with Crippen LogP contribution in [0.15, 0.2) is 449 Å². The maximum atomic E-state index is 2.47. The van der Waals surface area contributed by atoms with Crippen LogP contribution in [0.4, 0.5) is 0 Å². The van der Waals surface area contributed by atoms with E-state index in [1.165, 1.54) is 192 Å². The molecule has 6 heterocycles. The van der Waals surface area contributed by atoms with Crippen LogP contribution in [0.1, 0.15) is 0 Å². The predicted octanol–water partition coefficient (Wildman–Crippen LogP) is 29.8. The lowest BCUT2D eigenvalue weighted by Crippen LogP contribution is -1.98. The molecule has 25 rings (SSSR count). The van der Waals surface area contributed by atoms with Gasteiger partial charge in [0, 0.05) is 98.8 Å². The fourth-order valence-corrected chi connectivity index (χ4v) is 18.8. The Morgan fingerprint density at radius 1 is 0.110 bits per heavy atom. The third-order valence-corrected chi connectivity index (χ3v) is 24.1. The molecule has 118 heavy (non-hydrogen) atoms. The third-order valence-electron chi connectivity index (χ3n) is 24.1. The molecule has 0 unspecified atom stereocenters. The number of hydrogen-bond acceptors (Lipinski definition) is 0. The van der Waals surface area contributed by atoms with Crippen molar-refractivity contribution < 1.29 is 0 Å². The second-order valence-electron chi connectivity index (χ2n) is 30.7. The minimum absolute atomic E-state index is 1.16. The van der Waals surface area contributed by atoms with E-state index in [1.54, 1.807) is 0 Å². The molecule has 25 aromatic rings. The summed E-state index contributed by atoms with van der Waals surface area (Å²) in [7, 11) is 0. The van der Waals surface area contributed by atoms with Crippen molar-refractivity contribution in [3.8, 4) is 67.5 Å². The molecule has 552 valence electrons. The van der Waals surface area contributed by atoms with Gasteiger partial charge in [-0.1, -0.05) is 315 Å². The zero-order valence-corrected chi connectivity index (χ0v) is 64.4. The fraction of sp³-hybridized carbons (Fsp3) is 0. The van der Waals surface area contributed by atoms with Crippen molar-refractivity contribution in [1.29, 1.82) is 0 Å². The Morgan fingerprint density at radius 2 is 0.331 bits per heavy atom. The van der Waals surface area contributed by atoms with Crippen LogP contribution >= 0.6 is 0 Å². The SMILES string of the molecule is c1ccc(-c2ccc(-n3c4ccccc4c4cc5c(cc43)c3ccccc3n5-c3ccc(-c4ccccc4)cc3)cc2)cc1.c1ccc(-c2ccc(-n3c4ccccc4c4ccc5c6ccccc6n(-c6ccc7ccccc7c6)c5c43)cc2)cc1.c1ccc(-n2c3ccccc3c3cc4c(cc32)c2ccccc2n4-c2ccccc2)cc1. The molecule has 0 saturated carbocycles. The van der Waals surface area contributed by atoms with Crippen LogP contribution in [0.5, 0.6) is 0 Å². The zero-order valence-electron chi connectivity index (χ0n) is 64.4. The highest BCUT2D eigenvalue weighted by atomic mass is 15.1. The first-order valence-electron chi connectivity index (χ1n) is 40.5. The number of nitrogens with zero attached hydrogens (tertiary/aromatic N) is 6. The Hall–Kier alpha value is -15.8. The number of aromatic nitrogens is 6. The lowest BCUT2D eigenvalue weighted by molar-refractivity contribution is 1.15. The molecule has 0 atom stereocenters. The summed E-state index contributed by atoms with van der Waals surface area (Å²) in [5.41, 5.74) is 29.0. The van der Waals surface area contributed by atoms with E-state index in [0.717, 1.165) is 17.1 Å². The summed E-state index contributed by atoms with van der Waals surface area (Å²) in [6.07, 6.45) is 0. The van der Waals surface area contributed by atoms with Crippen LogP contribution in [0.25, 0.3) is 209 Å². The van der Waals surface area contributed by atoms with Gasteiger partial charge in [0.2, 0.25) is 0 Å². The molecule has 0 amide bonds. The van der Waals surface area contributed by atoms with E-state index in [2.05, 4.69) is 476 Å². The minimum atomic E-state index is 1.16. The lowest BCUT2D eigenvalue weighted by Gasteiger charge is -2.13. The second kappa shape index (κ2) is 28.1. The van der Waals surface area contributed by atoms with E-state index in [9.17, 15) is 0 Å². The van der Waals surface area contributed by atoms with E-state index < -0.39 is 0 Å². The van der Waals surface area contributed by atoms with Crippen LogP contribution in [-0.4, -0.2) is 27.4 Å². The summed E-state index contributed by atoms with van der Waals surface area (Å²) in [4.78, 5) is 0. The average molecular weight is 1500 g/mol. The largest absolute Gasteiger partial charge is 0.309 e. The summed E-state index contributed by atoms with van der Waals surface area (Å²) in [6.45, 7) is 0. The molecule has 0 N–H and O–H groups in total. The van der Waals surface area contributed by atoms with Gasteiger partial charge in [-0.2, -0.15) is 0 Å². The molecule has 0 saturated heterocycles. The molecule has 0 aliphatic rings. The van der Waals surface area contributed by atoms with Crippen molar-refractivity contribution in [2.24, 2.45) is 0 Å². The Bertz CT molecular complexity index is 7860. The normalized spacial score (nSPS) is 11.7. The van der Waals surface area contributed by atoms with Crippen LogP contribution in [0, 0.1) is 0 Å². The zero-order chi connectivity index (χ0) is 77.7. The van der Waals surface area contributed by atoms with Crippen molar-refractivity contribution in [3.05, 3.63) is 449 Å². The summed E-state index contributed by atoms with van der Waals surface area (Å²) in [5.74, 6) is 0. The Kier molecular flexibility index (Phi) is 16.2. The minimum Gasteiger partial charge on any atom is -0.309 e. The quantitative estimate of drug-likeness (QED) is 0.138. The Balaban J connectivity index is 0.000000105. The van der Waals surface area contributed by atoms with Gasteiger partial charge in [-0.3, -0.25) is 0 Å².